The second kappa shape index (κ2) is 7.02. The summed E-state index contributed by atoms with van der Waals surface area (Å²) in [5.74, 6) is 0.235. The number of rotatable bonds is 3. The lowest BCUT2D eigenvalue weighted by Gasteiger charge is -2.05. The molecule has 0 radical (unpaired) electrons. The van der Waals surface area contributed by atoms with Crippen LogP contribution in [0.25, 0.3) is 55.6 Å². The molecule has 0 bridgehead atoms. The van der Waals surface area contributed by atoms with Crippen molar-refractivity contribution in [3.8, 4) is 39.4 Å². The number of aromatic amines is 2. The summed E-state index contributed by atoms with van der Waals surface area (Å²) in [6, 6.07) is 13.6. The number of aryl methyl sites for hydroxylation is 1. The topological polar surface area (TPSA) is 103 Å². The van der Waals surface area contributed by atoms with Crippen LogP contribution in [0.15, 0.2) is 73.4 Å². The summed E-state index contributed by atoms with van der Waals surface area (Å²) in [7, 11) is 0. The Morgan fingerprint density at radius 1 is 0.812 bits per heavy atom. The van der Waals surface area contributed by atoms with E-state index in [-0.39, 0.29) is 5.75 Å². The van der Waals surface area contributed by atoms with Crippen LogP contribution in [0.4, 0.5) is 0 Å². The zero-order valence-corrected chi connectivity index (χ0v) is 17.2. The van der Waals surface area contributed by atoms with Gasteiger partial charge in [0.05, 0.1) is 23.1 Å². The van der Waals surface area contributed by atoms with Gasteiger partial charge in [0.2, 0.25) is 0 Å². The van der Waals surface area contributed by atoms with Crippen molar-refractivity contribution in [3.05, 3.63) is 79.0 Å². The molecule has 0 fully saturated rings. The summed E-state index contributed by atoms with van der Waals surface area (Å²) >= 11 is 0. The number of phenolic OH excluding ortho intramolecular Hbond substituents is 1. The molecule has 6 rings (SSSR count). The van der Waals surface area contributed by atoms with Crippen LogP contribution in [0.1, 0.15) is 5.56 Å². The Labute approximate surface area is 182 Å². The third kappa shape index (κ3) is 2.99. The van der Waals surface area contributed by atoms with Crippen molar-refractivity contribution >= 4 is 21.9 Å². The van der Waals surface area contributed by atoms with Crippen molar-refractivity contribution < 1.29 is 5.11 Å². The fourth-order valence-corrected chi connectivity index (χ4v) is 4.14. The summed E-state index contributed by atoms with van der Waals surface area (Å²) in [6.45, 7) is 1.96. The van der Waals surface area contributed by atoms with Gasteiger partial charge in [0.1, 0.15) is 5.75 Å². The third-order valence-electron chi connectivity index (χ3n) is 5.61. The molecule has 5 heterocycles. The highest BCUT2D eigenvalue weighted by atomic mass is 16.3. The Balaban J connectivity index is 1.51. The predicted octanol–water partition coefficient (Wildman–Crippen LogP) is 5.24. The molecule has 7 heteroatoms. The zero-order valence-electron chi connectivity index (χ0n) is 17.2. The van der Waals surface area contributed by atoms with E-state index < -0.39 is 0 Å². The van der Waals surface area contributed by atoms with Gasteiger partial charge in [0.15, 0.2) is 5.65 Å². The fraction of sp³-hybridized carbons (Fsp3) is 0.0400. The van der Waals surface area contributed by atoms with Crippen LogP contribution < -0.4 is 0 Å². The first-order valence-electron chi connectivity index (χ1n) is 10.2. The third-order valence-corrected chi connectivity index (χ3v) is 5.61. The van der Waals surface area contributed by atoms with E-state index in [0.29, 0.717) is 5.65 Å². The molecular weight excluding hydrogens is 400 g/mol. The van der Waals surface area contributed by atoms with Gasteiger partial charge in [-0.2, -0.15) is 5.10 Å². The van der Waals surface area contributed by atoms with E-state index in [1.807, 2.05) is 43.6 Å². The van der Waals surface area contributed by atoms with Crippen LogP contribution in [0, 0.1) is 6.92 Å². The molecule has 1 aromatic carbocycles. The van der Waals surface area contributed by atoms with Gasteiger partial charge in [0, 0.05) is 46.7 Å². The van der Waals surface area contributed by atoms with Crippen LogP contribution in [0.5, 0.6) is 5.75 Å². The monoisotopic (exact) mass is 418 g/mol. The Bertz CT molecular complexity index is 1580. The van der Waals surface area contributed by atoms with Gasteiger partial charge in [-0.15, -0.1) is 0 Å². The van der Waals surface area contributed by atoms with Crippen LogP contribution in [-0.4, -0.2) is 35.2 Å². The van der Waals surface area contributed by atoms with Gasteiger partial charge in [-0.25, -0.2) is 4.98 Å². The van der Waals surface area contributed by atoms with Gasteiger partial charge in [0.25, 0.3) is 0 Å². The van der Waals surface area contributed by atoms with Gasteiger partial charge >= 0.3 is 0 Å². The molecular formula is C25H18N6O. The lowest BCUT2D eigenvalue weighted by Crippen LogP contribution is -1.84. The summed E-state index contributed by atoms with van der Waals surface area (Å²) in [6.07, 6.45) is 9.02. The van der Waals surface area contributed by atoms with E-state index in [2.05, 4.69) is 36.2 Å². The second-order valence-electron chi connectivity index (χ2n) is 7.82. The minimum absolute atomic E-state index is 0.235. The standard InChI is InChI=1S/C25H18N6O/c1-14-6-16(8-18(32)7-14)17-9-20-24(30-31-25(20)28-11-17)22-10-19-21(12-27-13-23(19)29-22)15-2-4-26-5-3-15/h2-13,29,32H,1H3,(H,28,30,31). The highest BCUT2D eigenvalue weighted by Gasteiger charge is 2.15. The Morgan fingerprint density at radius 3 is 2.53 bits per heavy atom. The molecule has 5 aromatic heterocycles. The summed E-state index contributed by atoms with van der Waals surface area (Å²) in [5, 5.41) is 19.5. The minimum Gasteiger partial charge on any atom is -0.508 e. The van der Waals surface area contributed by atoms with E-state index >= 15 is 0 Å². The molecule has 0 spiro atoms. The molecule has 7 nitrogen and oxygen atoms in total. The number of hydrogen-bond acceptors (Lipinski definition) is 5. The van der Waals surface area contributed by atoms with E-state index in [1.54, 1.807) is 30.7 Å². The van der Waals surface area contributed by atoms with Crippen molar-refractivity contribution in [2.45, 2.75) is 6.92 Å². The molecule has 0 aliphatic rings. The smallest absolute Gasteiger partial charge is 0.181 e. The van der Waals surface area contributed by atoms with Gasteiger partial charge in [-0.1, -0.05) is 6.07 Å². The number of fused-ring (bicyclic) bond motifs is 2. The Hall–Kier alpha value is -4.52. The summed E-state index contributed by atoms with van der Waals surface area (Å²) in [5.41, 5.74) is 8.21. The highest BCUT2D eigenvalue weighted by molar-refractivity contribution is 6.00. The van der Waals surface area contributed by atoms with Gasteiger partial charge in [-0.3, -0.25) is 15.1 Å². The number of hydrogen-bond donors (Lipinski definition) is 3. The van der Waals surface area contributed by atoms with Crippen molar-refractivity contribution in [3.63, 3.8) is 0 Å². The summed E-state index contributed by atoms with van der Waals surface area (Å²) < 4.78 is 0. The van der Waals surface area contributed by atoms with Crippen molar-refractivity contribution in [1.82, 2.24) is 30.1 Å². The van der Waals surface area contributed by atoms with Gasteiger partial charge < -0.3 is 10.1 Å². The molecule has 0 saturated carbocycles. The number of nitrogens with one attached hydrogen (secondary N) is 2. The van der Waals surface area contributed by atoms with Crippen LogP contribution in [0.2, 0.25) is 0 Å². The van der Waals surface area contributed by atoms with Crippen LogP contribution >= 0.6 is 0 Å². The maximum Gasteiger partial charge on any atom is 0.181 e. The normalized spacial score (nSPS) is 11.4. The number of aromatic nitrogens is 6. The first-order chi connectivity index (χ1) is 15.7. The molecule has 0 unspecified atom stereocenters. The highest BCUT2D eigenvalue weighted by Crippen LogP contribution is 2.34. The number of benzene rings is 1. The number of phenols is 1. The molecule has 3 N–H and O–H groups in total. The number of nitrogens with zero attached hydrogens (tertiary/aromatic N) is 4. The number of pyridine rings is 3. The van der Waals surface area contributed by atoms with E-state index in [0.717, 1.165) is 55.5 Å². The van der Waals surface area contributed by atoms with Crippen molar-refractivity contribution in [1.29, 1.82) is 0 Å². The average molecular weight is 418 g/mol. The largest absolute Gasteiger partial charge is 0.508 e. The molecule has 0 saturated heterocycles. The SMILES string of the molecule is Cc1cc(O)cc(-c2cnc3n[nH]c(-c4cc5c(-c6ccncc6)cncc5[nH]4)c3c2)c1. The first-order valence-corrected chi connectivity index (χ1v) is 10.2. The Kier molecular flexibility index (Phi) is 4.01. The van der Waals surface area contributed by atoms with Crippen LogP contribution in [0.3, 0.4) is 0 Å². The van der Waals surface area contributed by atoms with E-state index in [4.69, 9.17) is 0 Å². The maximum absolute atomic E-state index is 10.0. The zero-order chi connectivity index (χ0) is 21.7. The molecule has 0 atom stereocenters. The minimum atomic E-state index is 0.235. The lowest BCUT2D eigenvalue weighted by atomic mass is 10.0. The predicted molar refractivity (Wildman–Crippen MR) is 124 cm³/mol. The quantitative estimate of drug-likeness (QED) is 0.364. The number of aromatic hydroxyl groups is 1. The van der Waals surface area contributed by atoms with Crippen molar-refractivity contribution in [2.75, 3.05) is 0 Å². The molecule has 0 aliphatic heterocycles. The second-order valence-corrected chi connectivity index (χ2v) is 7.82. The van der Waals surface area contributed by atoms with Gasteiger partial charge in [-0.05, 0) is 60.0 Å². The molecule has 0 aliphatic carbocycles. The maximum atomic E-state index is 10.0. The van der Waals surface area contributed by atoms with E-state index in [1.165, 1.54) is 0 Å². The molecule has 6 aromatic rings. The van der Waals surface area contributed by atoms with E-state index in [9.17, 15) is 5.11 Å². The average Bonchev–Trinajstić information content (AvgIpc) is 3.42. The Morgan fingerprint density at radius 2 is 1.69 bits per heavy atom. The molecule has 32 heavy (non-hydrogen) atoms. The fourth-order valence-electron chi connectivity index (χ4n) is 4.14. The van der Waals surface area contributed by atoms with Crippen molar-refractivity contribution in [2.24, 2.45) is 0 Å². The van der Waals surface area contributed by atoms with Crippen LogP contribution in [-0.2, 0) is 0 Å². The number of H-pyrrole nitrogens is 2. The molecule has 154 valence electrons. The lowest BCUT2D eigenvalue weighted by molar-refractivity contribution is 0.475. The summed E-state index contributed by atoms with van der Waals surface area (Å²) in [4.78, 5) is 16.5. The first kappa shape index (κ1) is 18.3. The molecule has 0 amide bonds.